The minimum atomic E-state index is -0.270. The Morgan fingerprint density at radius 2 is 1.84 bits per heavy atom. The van der Waals surface area contributed by atoms with Crippen LogP contribution in [0.3, 0.4) is 0 Å². The molecule has 1 aliphatic rings. The number of aromatic nitrogens is 5. The topological polar surface area (TPSA) is 65.7 Å². The highest BCUT2D eigenvalue weighted by Crippen LogP contribution is 2.29. The van der Waals surface area contributed by atoms with E-state index in [1.54, 1.807) is 23.9 Å². The summed E-state index contributed by atoms with van der Waals surface area (Å²) in [6.45, 7) is 3.44. The van der Waals surface area contributed by atoms with Gasteiger partial charge in [0.15, 0.2) is 11.0 Å². The average molecular weight is 436 g/mol. The van der Waals surface area contributed by atoms with Gasteiger partial charge >= 0.3 is 0 Å². The highest BCUT2D eigenvalue weighted by molar-refractivity contribution is 7.98. The molecule has 0 saturated carbocycles. The summed E-state index contributed by atoms with van der Waals surface area (Å²) in [5, 5.41) is 9.66. The first kappa shape index (κ1) is 20.1. The van der Waals surface area contributed by atoms with E-state index in [1.807, 2.05) is 31.2 Å². The monoisotopic (exact) mass is 435 g/mol. The van der Waals surface area contributed by atoms with Crippen molar-refractivity contribution in [2.75, 3.05) is 6.61 Å². The molecule has 0 radical (unpaired) electrons. The molecule has 2 aromatic carbocycles. The van der Waals surface area contributed by atoms with Crippen LogP contribution in [0.25, 0.3) is 22.4 Å². The molecule has 6 nitrogen and oxygen atoms in total. The molecule has 0 spiro atoms. The molecule has 31 heavy (non-hydrogen) atoms. The molecule has 0 aliphatic carbocycles. The number of ether oxygens (including phenoxy) is 1. The smallest absolute Gasteiger partial charge is 0.191 e. The average Bonchev–Trinajstić information content (AvgIpc) is 3.43. The quantitative estimate of drug-likeness (QED) is 0.405. The Morgan fingerprint density at radius 1 is 1.06 bits per heavy atom. The Morgan fingerprint density at radius 3 is 2.58 bits per heavy atom. The van der Waals surface area contributed by atoms with E-state index in [-0.39, 0.29) is 11.9 Å². The van der Waals surface area contributed by atoms with Crippen molar-refractivity contribution in [1.82, 2.24) is 24.7 Å². The maximum atomic E-state index is 13.4. The number of fused-ring (bicyclic) bond motifs is 1. The van der Waals surface area contributed by atoms with Crippen LogP contribution in [0, 0.1) is 12.7 Å². The van der Waals surface area contributed by atoms with E-state index in [0.717, 1.165) is 58.4 Å². The molecule has 158 valence electrons. The Kier molecular flexibility index (Phi) is 5.65. The molecule has 3 heterocycles. The number of rotatable bonds is 6. The largest absolute Gasteiger partial charge is 0.376 e. The van der Waals surface area contributed by atoms with Crippen LogP contribution in [0.2, 0.25) is 0 Å². The van der Waals surface area contributed by atoms with Gasteiger partial charge in [0.05, 0.1) is 35.1 Å². The molecule has 1 fully saturated rings. The molecule has 2 aromatic heterocycles. The van der Waals surface area contributed by atoms with Gasteiger partial charge in [0.25, 0.3) is 0 Å². The highest BCUT2D eigenvalue weighted by atomic mass is 32.2. The molecule has 0 unspecified atom stereocenters. The van der Waals surface area contributed by atoms with Gasteiger partial charge in [-0.25, -0.2) is 14.4 Å². The van der Waals surface area contributed by atoms with Crippen molar-refractivity contribution in [3.63, 3.8) is 0 Å². The second kappa shape index (κ2) is 8.72. The molecule has 0 N–H and O–H groups in total. The lowest BCUT2D eigenvalue weighted by atomic mass is 10.2. The Balaban J connectivity index is 1.44. The lowest BCUT2D eigenvalue weighted by molar-refractivity contribution is 0.0953. The van der Waals surface area contributed by atoms with Gasteiger partial charge in [0.2, 0.25) is 0 Å². The molecule has 0 bridgehead atoms. The molecule has 1 aliphatic heterocycles. The molecule has 1 atom stereocenters. The maximum Gasteiger partial charge on any atom is 0.191 e. The van der Waals surface area contributed by atoms with Crippen LogP contribution in [-0.4, -0.2) is 37.4 Å². The second-order valence-corrected chi connectivity index (χ2v) is 8.53. The predicted octanol–water partition coefficient (Wildman–Crippen LogP) is 4.81. The van der Waals surface area contributed by atoms with Crippen LogP contribution in [0.15, 0.2) is 53.7 Å². The van der Waals surface area contributed by atoms with Crippen molar-refractivity contribution in [3.05, 3.63) is 65.7 Å². The lowest BCUT2D eigenvalue weighted by Gasteiger charge is -2.15. The lowest BCUT2D eigenvalue weighted by Crippen LogP contribution is -2.16. The van der Waals surface area contributed by atoms with E-state index in [1.165, 1.54) is 12.1 Å². The van der Waals surface area contributed by atoms with Crippen LogP contribution in [-0.2, 0) is 17.0 Å². The summed E-state index contributed by atoms with van der Waals surface area (Å²) in [5.74, 6) is 1.09. The number of benzene rings is 2. The van der Waals surface area contributed by atoms with Crippen molar-refractivity contribution < 1.29 is 9.13 Å². The molecular formula is C23H22FN5OS. The summed E-state index contributed by atoms with van der Waals surface area (Å²) in [7, 11) is 0. The Bertz CT molecular complexity index is 1200. The Labute approximate surface area is 183 Å². The molecular weight excluding hydrogens is 413 g/mol. The van der Waals surface area contributed by atoms with Crippen molar-refractivity contribution in [2.45, 2.75) is 43.3 Å². The minimum Gasteiger partial charge on any atom is -0.376 e. The first-order valence-corrected chi connectivity index (χ1v) is 11.3. The van der Waals surface area contributed by atoms with Crippen molar-refractivity contribution in [3.8, 4) is 11.4 Å². The van der Waals surface area contributed by atoms with Gasteiger partial charge in [-0.05, 0) is 56.2 Å². The third-order valence-electron chi connectivity index (χ3n) is 5.41. The van der Waals surface area contributed by atoms with E-state index in [9.17, 15) is 4.39 Å². The van der Waals surface area contributed by atoms with Gasteiger partial charge in [-0.15, -0.1) is 10.2 Å². The number of aryl methyl sites for hydroxylation is 1. The fourth-order valence-electron chi connectivity index (χ4n) is 3.76. The van der Waals surface area contributed by atoms with Gasteiger partial charge < -0.3 is 4.74 Å². The summed E-state index contributed by atoms with van der Waals surface area (Å²) in [6, 6.07) is 14.2. The van der Waals surface area contributed by atoms with Gasteiger partial charge in [-0.1, -0.05) is 23.9 Å². The van der Waals surface area contributed by atoms with Crippen LogP contribution in [0.5, 0.6) is 0 Å². The SMILES string of the molecule is Cc1nc2ccccc2nc1CSc1nnc(-c2ccc(F)cc2)n1C[C@H]1CCCO1. The summed E-state index contributed by atoms with van der Waals surface area (Å²) < 4.78 is 21.3. The van der Waals surface area contributed by atoms with Crippen LogP contribution in [0.1, 0.15) is 24.2 Å². The second-order valence-electron chi connectivity index (χ2n) is 7.59. The van der Waals surface area contributed by atoms with E-state index >= 15 is 0 Å². The van der Waals surface area contributed by atoms with Crippen LogP contribution < -0.4 is 0 Å². The van der Waals surface area contributed by atoms with Crippen molar-refractivity contribution in [2.24, 2.45) is 0 Å². The minimum absolute atomic E-state index is 0.136. The van der Waals surface area contributed by atoms with Gasteiger partial charge in [-0.3, -0.25) is 4.57 Å². The molecule has 5 rings (SSSR count). The summed E-state index contributed by atoms with van der Waals surface area (Å²) in [4.78, 5) is 9.47. The number of para-hydroxylation sites is 2. The van der Waals surface area contributed by atoms with Crippen molar-refractivity contribution >= 4 is 22.8 Å². The van der Waals surface area contributed by atoms with E-state index in [2.05, 4.69) is 19.7 Å². The normalized spacial score (nSPS) is 16.3. The number of hydrogen-bond acceptors (Lipinski definition) is 6. The number of halogens is 1. The molecule has 1 saturated heterocycles. The van der Waals surface area contributed by atoms with Crippen LogP contribution in [0.4, 0.5) is 4.39 Å². The number of thioether (sulfide) groups is 1. The summed E-state index contributed by atoms with van der Waals surface area (Å²) >= 11 is 1.58. The van der Waals surface area contributed by atoms with Gasteiger partial charge in [-0.2, -0.15) is 0 Å². The number of nitrogens with zero attached hydrogens (tertiary/aromatic N) is 5. The highest BCUT2D eigenvalue weighted by Gasteiger charge is 2.22. The van der Waals surface area contributed by atoms with Gasteiger partial charge in [0.1, 0.15) is 5.82 Å². The third kappa shape index (κ3) is 4.31. The first-order chi connectivity index (χ1) is 15.2. The van der Waals surface area contributed by atoms with E-state index in [0.29, 0.717) is 12.3 Å². The predicted molar refractivity (Wildman–Crippen MR) is 118 cm³/mol. The summed E-state index contributed by atoms with van der Waals surface area (Å²) in [5.41, 5.74) is 4.46. The maximum absolute atomic E-state index is 13.4. The molecule has 0 amide bonds. The third-order valence-corrected chi connectivity index (χ3v) is 6.39. The Hall–Kier alpha value is -2.84. The van der Waals surface area contributed by atoms with E-state index < -0.39 is 0 Å². The zero-order valence-corrected chi connectivity index (χ0v) is 18.0. The fourth-order valence-corrected chi connectivity index (χ4v) is 4.71. The van der Waals surface area contributed by atoms with E-state index in [4.69, 9.17) is 9.72 Å². The summed E-state index contributed by atoms with van der Waals surface area (Å²) in [6.07, 6.45) is 2.21. The van der Waals surface area contributed by atoms with Crippen LogP contribution >= 0.6 is 11.8 Å². The fraction of sp³-hybridized carbons (Fsp3) is 0.304. The zero-order chi connectivity index (χ0) is 21.2. The first-order valence-electron chi connectivity index (χ1n) is 10.3. The molecule has 8 heteroatoms. The molecule has 4 aromatic rings. The van der Waals surface area contributed by atoms with Crippen molar-refractivity contribution in [1.29, 1.82) is 0 Å². The number of hydrogen-bond donors (Lipinski definition) is 0. The standard InChI is InChI=1S/C23H22FN5OS/c1-15-21(26-20-7-3-2-6-19(20)25-15)14-31-23-28-27-22(16-8-10-17(24)11-9-16)29(23)13-18-5-4-12-30-18/h2-3,6-11,18H,4-5,12-14H2,1H3/t18-/m1/s1. The zero-order valence-electron chi connectivity index (χ0n) is 17.2. The van der Waals surface area contributed by atoms with Gasteiger partial charge in [0, 0.05) is 17.9 Å².